The minimum atomic E-state index is -0.255. The van der Waals surface area contributed by atoms with Crippen molar-refractivity contribution in [3.8, 4) is 0 Å². The van der Waals surface area contributed by atoms with Crippen LogP contribution >= 0.6 is 0 Å². The first kappa shape index (κ1) is 9.36. The van der Waals surface area contributed by atoms with Gasteiger partial charge in [-0.1, -0.05) is 0 Å². The largest absolute Gasteiger partial charge is 0.345 e. The smallest absolute Gasteiger partial charge is 0.330 e. The lowest BCUT2D eigenvalue weighted by atomic mass is 10.0. The van der Waals surface area contributed by atoms with Crippen LogP contribution in [0.3, 0.4) is 0 Å². The van der Waals surface area contributed by atoms with Gasteiger partial charge in [0.2, 0.25) is 0 Å². The lowest BCUT2D eigenvalue weighted by molar-refractivity contribution is 0.611. The van der Waals surface area contributed by atoms with Crippen LogP contribution in [0.15, 0.2) is 4.79 Å². The summed E-state index contributed by atoms with van der Waals surface area (Å²) in [4.78, 5) is 17.9. The number of H-pyrrole nitrogens is 1. The maximum Gasteiger partial charge on any atom is 0.345 e. The van der Waals surface area contributed by atoms with Crippen molar-refractivity contribution >= 4 is 0 Å². The van der Waals surface area contributed by atoms with E-state index in [2.05, 4.69) is 15.3 Å². The first-order valence-electron chi connectivity index (χ1n) is 4.83. The Kier molecular flexibility index (Phi) is 2.60. The first-order valence-corrected chi connectivity index (χ1v) is 4.83. The number of nitrogens with two attached hydrogens (primary N) is 1. The molecule has 2 heterocycles. The monoisotopic (exact) mass is 194 g/mol. The van der Waals surface area contributed by atoms with E-state index in [-0.39, 0.29) is 5.69 Å². The fraction of sp³-hybridized carbons (Fsp3) is 0.556. The van der Waals surface area contributed by atoms with Crippen LogP contribution in [0.5, 0.6) is 0 Å². The summed E-state index contributed by atoms with van der Waals surface area (Å²) in [7, 11) is 0. The normalized spacial score (nSPS) is 15.2. The molecule has 5 nitrogen and oxygen atoms in total. The van der Waals surface area contributed by atoms with Crippen molar-refractivity contribution in [2.75, 3.05) is 13.1 Å². The predicted molar refractivity (Wildman–Crippen MR) is 53.0 cm³/mol. The maximum absolute atomic E-state index is 11.2. The van der Waals surface area contributed by atoms with Gasteiger partial charge in [0.25, 0.3) is 0 Å². The highest BCUT2D eigenvalue weighted by Crippen LogP contribution is 2.12. The Morgan fingerprint density at radius 2 is 2.36 bits per heavy atom. The molecule has 0 saturated heterocycles. The molecule has 76 valence electrons. The number of fused-ring (bicyclic) bond motifs is 1. The second-order valence-corrected chi connectivity index (χ2v) is 3.41. The molecule has 0 bridgehead atoms. The van der Waals surface area contributed by atoms with Gasteiger partial charge in [0.05, 0.1) is 5.69 Å². The highest BCUT2D eigenvalue weighted by Gasteiger charge is 2.14. The van der Waals surface area contributed by atoms with E-state index in [9.17, 15) is 4.79 Å². The van der Waals surface area contributed by atoms with Crippen LogP contribution in [-0.2, 0) is 19.4 Å². The minimum absolute atomic E-state index is 0.255. The van der Waals surface area contributed by atoms with E-state index in [1.807, 2.05) is 0 Å². The van der Waals surface area contributed by atoms with Crippen molar-refractivity contribution in [1.29, 1.82) is 0 Å². The van der Waals surface area contributed by atoms with E-state index < -0.39 is 0 Å². The Hall–Kier alpha value is -1.20. The molecule has 0 atom stereocenters. The molecule has 0 radical (unpaired) electrons. The van der Waals surface area contributed by atoms with Gasteiger partial charge in [0.1, 0.15) is 0 Å². The molecule has 5 heteroatoms. The number of aromatic nitrogens is 2. The van der Waals surface area contributed by atoms with Crippen molar-refractivity contribution < 1.29 is 0 Å². The summed E-state index contributed by atoms with van der Waals surface area (Å²) in [6.45, 7) is 2.23. The number of nitrogens with one attached hydrogen (secondary N) is 2. The van der Waals surface area contributed by atoms with Gasteiger partial charge in [0, 0.05) is 37.2 Å². The van der Waals surface area contributed by atoms with Gasteiger partial charge in [-0.2, -0.15) is 4.98 Å². The lowest BCUT2D eigenvalue weighted by Crippen LogP contribution is -2.30. The molecule has 0 unspecified atom stereocenters. The zero-order chi connectivity index (χ0) is 9.97. The summed E-state index contributed by atoms with van der Waals surface area (Å²) in [6, 6.07) is 0. The van der Waals surface area contributed by atoms with E-state index >= 15 is 0 Å². The average Bonchev–Trinajstić information content (AvgIpc) is 2.18. The molecular formula is C9H14N4O. The molecular weight excluding hydrogens is 180 g/mol. The molecule has 0 saturated carbocycles. The summed E-state index contributed by atoms with van der Waals surface area (Å²) in [5.41, 5.74) is 8.21. The van der Waals surface area contributed by atoms with Crippen LogP contribution in [0.4, 0.5) is 0 Å². The SMILES string of the molecule is NCCc1nc(=O)[nH]c2c1CNCC2. The van der Waals surface area contributed by atoms with Gasteiger partial charge in [-0.15, -0.1) is 0 Å². The minimum Gasteiger partial charge on any atom is -0.330 e. The van der Waals surface area contributed by atoms with E-state index in [0.29, 0.717) is 13.0 Å². The van der Waals surface area contributed by atoms with E-state index in [1.165, 1.54) is 0 Å². The van der Waals surface area contributed by atoms with Gasteiger partial charge in [-0.3, -0.25) is 0 Å². The number of rotatable bonds is 2. The van der Waals surface area contributed by atoms with Crippen LogP contribution in [0.25, 0.3) is 0 Å². The third-order valence-corrected chi connectivity index (χ3v) is 2.44. The van der Waals surface area contributed by atoms with Gasteiger partial charge >= 0.3 is 5.69 Å². The van der Waals surface area contributed by atoms with Crippen LogP contribution in [-0.4, -0.2) is 23.1 Å². The molecule has 1 aromatic rings. The summed E-state index contributed by atoms with van der Waals surface area (Å²) >= 11 is 0. The Balaban J connectivity index is 2.47. The molecule has 0 fully saturated rings. The third kappa shape index (κ3) is 1.69. The van der Waals surface area contributed by atoms with Crippen molar-refractivity contribution in [3.63, 3.8) is 0 Å². The Morgan fingerprint density at radius 1 is 1.50 bits per heavy atom. The van der Waals surface area contributed by atoms with Gasteiger partial charge in [0.15, 0.2) is 0 Å². The molecule has 0 amide bonds. The van der Waals surface area contributed by atoms with Crippen LogP contribution < -0.4 is 16.7 Å². The van der Waals surface area contributed by atoms with Crippen molar-refractivity contribution in [1.82, 2.24) is 15.3 Å². The third-order valence-electron chi connectivity index (χ3n) is 2.44. The van der Waals surface area contributed by atoms with Crippen LogP contribution in [0, 0.1) is 0 Å². The Morgan fingerprint density at radius 3 is 3.14 bits per heavy atom. The van der Waals surface area contributed by atoms with Gasteiger partial charge < -0.3 is 16.0 Å². The topological polar surface area (TPSA) is 83.8 Å². The number of nitrogens with zero attached hydrogens (tertiary/aromatic N) is 1. The second kappa shape index (κ2) is 3.89. The van der Waals surface area contributed by atoms with E-state index in [1.54, 1.807) is 0 Å². The lowest BCUT2D eigenvalue weighted by Gasteiger charge is -2.18. The Labute approximate surface area is 81.7 Å². The maximum atomic E-state index is 11.2. The Bertz CT molecular complexity index is 385. The van der Waals surface area contributed by atoms with E-state index in [0.717, 1.165) is 36.5 Å². The average molecular weight is 194 g/mol. The number of hydrogen-bond acceptors (Lipinski definition) is 4. The molecule has 1 aliphatic rings. The molecule has 0 aromatic carbocycles. The fourth-order valence-corrected chi connectivity index (χ4v) is 1.79. The molecule has 4 N–H and O–H groups in total. The molecule has 2 rings (SSSR count). The number of aromatic amines is 1. The van der Waals surface area contributed by atoms with Crippen LogP contribution in [0.1, 0.15) is 17.0 Å². The highest BCUT2D eigenvalue weighted by molar-refractivity contribution is 5.27. The summed E-state index contributed by atoms with van der Waals surface area (Å²) in [5, 5.41) is 3.26. The molecule has 1 aromatic heterocycles. The van der Waals surface area contributed by atoms with Crippen LogP contribution in [0.2, 0.25) is 0 Å². The summed E-state index contributed by atoms with van der Waals surface area (Å²) in [5.74, 6) is 0. The summed E-state index contributed by atoms with van der Waals surface area (Å²) in [6.07, 6.45) is 1.54. The highest BCUT2D eigenvalue weighted by atomic mass is 16.1. The van der Waals surface area contributed by atoms with E-state index in [4.69, 9.17) is 5.73 Å². The second-order valence-electron chi connectivity index (χ2n) is 3.41. The predicted octanol–water partition coefficient (Wildman–Crippen LogP) is -1.08. The van der Waals surface area contributed by atoms with Crippen molar-refractivity contribution in [3.05, 3.63) is 27.4 Å². The number of hydrogen-bond donors (Lipinski definition) is 3. The zero-order valence-corrected chi connectivity index (χ0v) is 7.97. The molecule has 14 heavy (non-hydrogen) atoms. The molecule has 1 aliphatic heterocycles. The molecule has 0 spiro atoms. The quantitative estimate of drug-likeness (QED) is 0.559. The summed E-state index contributed by atoms with van der Waals surface area (Å²) < 4.78 is 0. The standard InChI is InChI=1S/C9H14N4O/c10-3-1-7-6-5-11-4-2-8(6)13-9(14)12-7/h11H,1-5,10H2,(H,12,13,14). The van der Waals surface area contributed by atoms with Crippen molar-refractivity contribution in [2.24, 2.45) is 5.73 Å². The van der Waals surface area contributed by atoms with Gasteiger partial charge in [-0.05, 0) is 6.54 Å². The molecule has 0 aliphatic carbocycles. The fourth-order valence-electron chi connectivity index (χ4n) is 1.79. The van der Waals surface area contributed by atoms with Crippen molar-refractivity contribution in [2.45, 2.75) is 19.4 Å². The first-order chi connectivity index (χ1) is 6.81. The van der Waals surface area contributed by atoms with Gasteiger partial charge in [-0.25, -0.2) is 4.79 Å². The zero-order valence-electron chi connectivity index (χ0n) is 7.97.